The Morgan fingerprint density at radius 1 is 0.923 bits per heavy atom. The Labute approximate surface area is 227 Å². The van der Waals surface area contributed by atoms with E-state index in [1.165, 1.54) is 25.0 Å². The number of piperazine rings is 1. The Morgan fingerprint density at radius 3 is 2.49 bits per heavy atom. The molecule has 0 amide bonds. The SMILES string of the molecule is OCCc1ccccc1-c1ccnc(N2C3CCN(c4ccc(C(F)(F)F)cc4)CC3N[C@@H]3CCCC[C@H]32)c1. The molecule has 5 nitrogen and oxygen atoms in total. The van der Waals surface area contributed by atoms with E-state index in [2.05, 4.69) is 33.3 Å². The first-order valence-corrected chi connectivity index (χ1v) is 14.0. The van der Waals surface area contributed by atoms with E-state index in [0.29, 0.717) is 18.5 Å². The summed E-state index contributed by atoms with van der Waals surface area (Å²) in [5.74, 6) is 0.989. The summed E-state index contributed by atoms with van der Waals surface area (Å²) >= 11 is 0. The Kier molecular flexibility index (Phi) is 7.25. The molecule has 1 aromatic heterocycles. The van der Waals surface area contributed by atoms with E-state index in [9.17, 15) is 18.3 Å². The summed E-state index contributed by atoms with van der Waals surface area (Å²) in [7, 11) is 0. The fourth-order valence-electron chi connectivity index (χ4n) is 6.90. The van der Waals surface area contributed by atoms with E-state index in [0.717, 1.165) is 60.5 Å². The van der Waals surface area contributed by atoms with Gasteiger partial charge < -0.3 is 20.2 Å². The van der Waals surface area contributed by atoms with Gasteiger partial charge in [-0.25, -0.2) is 4.98 Å². The van der Waals surface area contributed by atoms with Crippen molar-refractivity contribution in [2.75, 3.05) is 29.5 Å². The molecule has 8 heteroatoms. The normalized spacial score (nSPS) is 25.2. The van der Waals surface area contributed by atoms with Crippen molar-refractivity contribution in [2.45, 2.75) is 68.9 Å². The zero-order chi connectivity index (χ0) is 27.0. The lowest BCUT2D eigenvalue weighted by atomic mass is 9.81. The predicted octanol–water partition coefficient (Wildman–Crippen LogP) is 5.67. The van der Waals surface area contributed by atoms with Crippen molar-refractivity contribution >= 4 is 11.5 Å². The quantitative estimate of drug-likeness (QED) is 0.440. The van der Waals surface area contributed by atoms with E-state index in [4.69, 9.17) is 4.98 Å². The molecule has 1 aliphatic carbocycles. The second-order valence-corrected chi connectivity index (χ2v) is 11.0. The van der Waals surface area contributed by atoms with Crippen molar-refractivity contribution < 1.29 is 18.3 Å². The number of hydrogen-bond donors (Lipinski definition) is 2. The summed E-state index contributed by atoms with van der Waals surface area (Å²) in [6, 6.07) is 19.2. The minimum Gasteiger partial charge on any atom is -0.396 e. The van der Waals surface area contributed by atoms with Gasteiger partial charge in [-0.2, -0.15) is 13.2 Å². The van der Waals surface area contributed by atoms with Gasteiger partial charge in [0.1, 0.15) is 5.82 Å². The monoisotopic (exact) mass is 536 g/mol. The van der Waals surface area contributed by atoms with Gasteiger partial charge in [0.25, 0.3) is 0 Å². The van der Waals surface area contributed by atoms with Gasteiger partial charge in [0.2, 0.25) is 0 Å². The highest BCUT2D eigenvalue weighted by Crippen LogP contribution is 2.38. The molecule has 3 heterocycles. The van der Waals surface area contributed by atoms with Crippen molar-refractivity contribution in [3.05, 3.63) is 78.0 Å². The molecule has 39 heavy (non-hydrogen) atoms. The van der Waals surface area contributed by atoms with Crippen LogP contribution in [0, 0.1) is 0 Å². The summed E-state index contributed by atoms with van der Waals surface area (Å²) in [6.07, 6.45) is 3.71. The number of aromatic nitrogens is 1. The van der Waals surface area contributed by atoms with Crippen molar-refractivity contribution in [1.29, 1.82) is 0 Å². The molecule has 0 spiro atoms. The first-order valence-electron chi connectivity index (χ1n) is 14.0. The molecule has 3 fully saturated rings. The maximum Gasteiger partial charge on any atom is 0.416 e. The number of piperidine rings is 1. The Balaban J connectivity index is 1.29. The molecular formula is C31H35F3N4O. The van der Waals surface area contributed by atoms with Gasteiger partial charge in [-0.05, 0) is 78.8 Å². The second kappa shape index (κ2) is 10.8. The van der Waals surface area contributed by atoms with E-state index in [1.54, 1.807) is 12.1 Å². The molecule has 2 aliphatic heterocycles. The Morgan fingerprint density at radius 2 is 1.69 bits per heavy atom. The number of nitrogens with zero attached hydrogens (tertiary/aromatic N) is 3. The van der Waals surface area contributed by atoms with Gasteiger partial charge in [-0.15, -0.1) is 0 Å². The van der Waals surface area contributed by atoms with Crippen LogP contribution in [-0.4, -0.2) is 54.0 Å². The molecule has 206 valence electrons. The average molecular weight is 537 g/mol. The van der Waals surface area contributed by atoms with Crippen LogP contribution in [0.4, 0.5) is 24.7 Å². The van der Waals surface area contributed by atoms with Crippen LogP contribution in [0.5, 0.6) is 0 Å². The first-order chi connectivity index (χ1) is 18.9. The molecule has 2 unspecified atom stereocenters. The highest BCUT2D eigenvalue weighted by Gasteiger charge is 2.46. The number of aliphatic hydroxyl groups is 1. The van der Waals surface area contributed by atoms with Crippen LogP contribution < -0.4 is 15.1 Å². The first kappa shape index (κ1) is 26.1. The largest absolute Gasteiger partial charge is 0.416 e. The fraction of sp³-hybridized carbons (Fsp3) is 0.452. The number of hydrogen-bond acceptors (Lipinski definition) is 5. The van der Waals surface area contributed by atoms with Crippen molar-refractivity contribution in [2.24, 2.45) is 0 Å². The lowest BCUT2D eigenvalue weighted by Crippen LogP contribution is -2.72. The van der Waals surface area contributed by atoms with E-state index in [-0.39, 0.29) is 18.7 Å². The molecule has 0 radical (unpaired) electrons. The van der Waals surface area contributed by atoms with Gasteiger partial charge in [0, 0.05) is 55.7 Å². The number of aliphatic hydroxyl groups excluding tert-OH is 1. The van der Waals surface area contributed by atoms with Gasteiger partial charge in [-0.1, -0.05) is 37.1 Å². The minimum absolute atomic E-state index is 0.107. The van der Waals surface area contributed by atoms with Crippen LogP contribution in [0.1, 0.15) is 43.2 Å². The highest BCUT2D eigenvalue weighted by molar-refractivity contribution is 5.70. The minimum atomic E-state index is -4.33. The fourth-order valence-corrected chi connectivity index (χ4v) is 6.90. The van der Waals surface area contributed by atoms with Crippen LogP contribution in [-0.2, 0) is 12.6 Å². The number of benzene rings is 2. The molecule has 3 aromatic rings. The number of anilines is 2. The van der Waals surface area contributed by atoms with Crippen LogP contribution >= 0.6 is 0 Å². The van der Waals surface area contributed by atoms with Crippen LogP contribution in [0.15, 0.2) is 66.9 Å². The summed E-state index contributed by atoms with van der Waals surface area (Å²) in [6.45, 7) is 1.63. The third-order valence-electron chi connectivity index (χ3n) is 8.73. The lowest BCUT2D eigenvalue weighted by Gasteiger charge is -2.56. The predicted molar refractivity (Wildman–Crippen MR) is 148 cm³/mol. The summed E-state index contributed by atoms with van der Waals surface area (Å²) in [4.78, 5) is 9.66. The smallest absolute Gasteiger partial charge is 0.396 e. The third-order valence-corrected chi connectivity index (χ3v) is 8.73. The summed E-state index contributed by atoms with van der Waals surface area (Å²) in [5, 5.41) is 13.5. The number of alkyl halides is 3. The molecule has 6 rings (SSSR count). The summed E-state index contributed by atoms with van der Waals surface area (Å²) in [5.41, 5.74) is 3.57. The Hall–Kier alpha value is -3.10. The Bertz CT molecular complexity index is 1280. The van der Waals surface area contributed by atoms with Gasteiger partial charge in [0.05, 0.1) is 5.56 Å². The molecule has 4 atom stereocenters. The zero-order valence-electron chi connectivity index (χ0n) is 21.9. The third kappa shape index (κ3) is 5.24. The maximum atomic E-state index is 13.1. The average Bonchev–Trinajstić information content (AvgIpc) is 2.96. The van der Waals surface area contributed by atoms with Crippen molar-refractivity contribution in [3.8, 4) is 11.1 Å². The number of rotatable bonds is 5. The summed E-state index contributed by atoms with van der Waals surface area (Å²) < 4.78 is 39.3. The molecular weight excluding hydrogens is 501 g/mol. The molecule has 2 aromatic carbocycles. The molecule has 1 saturated carbocycles. The molecule has 0 bridgehead atoms. The molecule has 3 aliphatic rings. The molecule has 2 saturated heterocycles. The van der Waals surface area contributed by atoms with E-state index < -0.39 is 11.7 Å². The van der Waals surface area contributed by atoms with Crippen LogP contribution in [0.3, 0.4) is 0 Å². The number of nitrogens with one attached hydrogen (secondary N) is 1. The molecule has 2 N–H and O–H groups in total. The van der Waals surface area contributed by atoms with E-state index in [1.807, 2.05) is 24.4 Å². The standard InChI is InChI=1S/C31H35F3N4O/c32-31(33,34)23-9-11-24(12-10-23)37-17-14-29-27(20-37)36-26-7-3-4-8-28(26)38(29)30-19-22(13-16-35-30)25-6-2-1-5-21(25)15-18-39/h1-2,5-6,9-13,16,19,26-29,36,39H,3-4,7-8,14-15,17-18,20H2/t26-,27?,28-,29?/m1/s1. The number of halogens is 3. The zero-order valence-corrected chi connectivity index (χ0v) is 21.9. The maximum absolute atomic E-state index is 13.1. The van der Waals surface area contributed by atoms with Crippen LogP contribution in [0.2, 0.25) is 0 Å². The highest BCUT2D eigenvalue weighted by atomic mass is 19.4. The number of pyridine rings is 1. The van der Waals surface area contributed by atoms with Gasteiger partial charge in [0.15, 0.2) is 0 Å². The number of fused-ring (bicyclic) bond motifs is 2. The van der Waals surface area contributed by atoms with Crippen LogP contribution in [0.25, 0.3) is 11.1 Å². The second-order valence-electron chi connectivity index (χ2n) is 11.0. The van der Waals surface area contributed by atoms with Crippen molar-refractivity contribution in [3.63, 3.8) is 0 Å². The van der Waals surface area contributed by atoms with Crippen molar-refractivity contribution in [1.82, 2.24) is 10.3 Å². The topological polar surface area (TPSA) is 51.6 Å². The van der Waals surface area contributed by atoms with Gasteiger partial charge >= 0.3 is 6.18 Å². The van der Waals surface area contributed by atoms with Gasteiger partial charge in [-0.3, -0.25) is 0 Å². The van der Waals surface area contributed by atoms with E-state index >= 15 is 0 Å². The lowest BCUT2D eigenvalue weighted by molar-refractivity contribution is -0.137.